The molecule has 2 aromatic carbocycles. The number of imidazole rings is 5. The summed E-state index contributed by atoms with van der Waals surface area (Å²) in [7, 11) is -11.9. The number of nitrogens with one attached hydrogen (secondary N) is 2. The average Bonchev–Trinajstić information content (AvgIpc) is 1.66. The van der Waals surface area contributed by atoms with Crippen LogP contribution in [0.4, 0.5) is 29.1 Å². The van der Waals surface area contributed by atoms with Gasteiger partial charge in [0.1, 0.15) is 110 Å². The lowest BCUT2D eigenvalue weighted by Crippen LogP contribution is -2.26. The van der Waals surface area contributed by atoms with Crippen molar-refractivity contribution in [3.05, 3.63) is 135 Å². The molecule has 0 aliphatic carbocycles. The fourth-order valence-corrected chi connectivity index (χ4v) is 22.7. The van der Waals surface area contributed by atoms with Crippen LogP contribution in [0.15, 0.2) is 124 Å². The van der Waals surface area contributed by atoms with Crippen molar-refractivity contribution in [3.63, 3.8) is 0 Å². The van der Waals surface area contributed by atoms with E-state index in [0.29, 0.717) is 141 Å². The number of hydrogen-bond donors (Lipinski definition) is 10. The number of thioether (sulfide) groups is 3. The molecule has 149 heavy (non-hydrogen) atoms. The number of aliphatic hydroxyl groups excluding tert-OH is 2. The van der Waals surface area contributed by atoms with Crippen molar-refractivity contribution in [1.29, 1.82) is 0 Å². The first-order chi connectivity index (χ1) is 71.5. The molecule has 15 N–H and O–H groups in total. The Kier molecular flexibility index (Phi) is 44.9. The summed E-state index contributed by atoms with van der Waals surface area (Å²) in [6.45, 7) is 26.3. The summed E-state index contributed by atoms with van der Waals surface area (Å²) in [5, 5.41) is 24.6. The smallest absolute Gasteiger partial charge is 0.395 e. The second-order valence-corrected chi connectivity index (χ2v) is 45.9. The predicted molar refractivity (Wildman–Crippen MR) is 566 cm³/mol. The number of aliphatic hydroxyl groups is 2. The number of rotatable bonds is 44. The van der Waals surface area contributed by atoms with Crippen LogP contribution < -0.4 is 38.8 Å². The molecule has 49 nitrogen and oxygen atoms in total. The quantitative estimate of drug-likeness (QED) is 0.0125. The lowest BCUT2D eigenvalue weighted by atomic mass is 9.92. The molecule has 0 amide bonds. The maximum Gasteiger partial charge on any atom is 0.697 e. The molecule has 4 unspecified atom stereocenters. The normalized spacial score (nSPS) is 20.3. The van der Waals surface area contributed by atoms with Crippen LogP contribution in [-0.2, 0) is 96.6 Å². The van der Waals surface area contributed by atoms with Crippen LogP contribution in [0.3, 0.4) is 0 Å². The molecule has 0 bridgehead atoms. The highest BCUT2D eigenvalue weighted by Gasteiger charge is 2.40. The van der Waals surface area contributed by atoms with Gasteiger partial charge in [-0.3, -0.25) is 50.8 Å². The molecule has 10 aromatic heterocycles. The van der Waals surface area contributed by atoms with Crippen LogP contribution in [0.25, 0.3) is 55.8 Å². The second kappa shape index (κ2) is 56.7. The van der Waals surface area contributed by atoms with Gasteiger partial charge in [0, 0.05) is 50.3 Å². The highest BCUT2D eigenvalue weighted by atomic mass is 32.2. The molecule has 5 saturated heterocycles. The molecule has 5 aliphatic rings. The minimum absolute atomic E-state index is 0.0419. The summed E-state index contributed by atoms with van der Waals surface area (Å²) < 4.78 is 121. The monoisotopic (exact) mass is 2200 g/mol. The molecule has 5 fully saturated rings. The van der Waals surface area contributed by atoms with Crippen molar-refractivity contribution >= 4 is 167 Å². The van der Waals surface area contributed by atoms with Gasteiger partial charge in [0.25, 0.3) is 7.52 Å². The molecule has 56 heteroatoms. The third-order valence-corrected chi connectivity index (χ3v) is 33.6. The van der Waals surface area contributed by atoms with Crippen LogP contribution in [0.5, 0.6) is 0 Å². The van der Waals surface area contributed by atoms with Gasteiger partial charge in [-0.05, 0) is 122 Å². The maximum absolute atomic E-state index is 13.9. The summed E-state index contributed by atoms with van der Waals surface area (Å²) in [5.41, 5.74) is 35.2. The molecule has 15 heterocycles. The SMILES string of the molecule is CC(C)(CO)C(=O)SCCOP(=O)(C[C@H]1CC[C@@H](n2cnc3c(N)ncnc32)O1)NCc1ccccc1.CCC(C)(C)C(=O)SCCOP(=O)(NCc1ccccc1)OC[C@H]1CC[C@@H](n2cnc3c(N)ncnc32)O1.CCC(C)(C)C(=O)SCCO[P+](=O)OC[C@H]1CC[C@@H](n2cnc3c(N)ncnc32)O1.CCN(CC)CC.Nc1ncnc2c1ncn2[C@@H]1CC[C@H](CO)O1.Nc1ncnc2c1ncn2[C@@H]1CC[C@H](CO[P+](=O)O)O1. The van der Waals surface area contributed by atoms with E-state index in [-0.39, 0.29) is 141 Å². The fourth-order valence-electron chi connectivity index (χ4n) is 15.6. The third-order valence-electron chi connectivity index (χ3n) is 25.3. The number of benzene rings is 2. The molecular formula is C93H136N28O21P4S3+2. The van der Waals surface area contributed by atoms with E-state index >= 15 is 0 Å². The number of aromatic nitrogens is 20. The molecule has 0 radical (unpaired) electrons. The van der Waals surface area contributed by atoms with E-state index < -0.39 is 42.6 Å². The van der Waals surface area contributed by atoms with Crippen LogP contribution in [-0.4, -0.2) is 259 Å². The van der Waals surface area contributed by atoms with Crippen molar-refractivity contribution in [2.45, 2.75) is 228 Å². The Hall–Kier alpha value is -9.77. The number of carbonyl (C=O) groups is 3. The summed E-state index contributed by atoms with van der Waals surface area (Å²) in [6.07, 6.45) is 21.9. The van der Waals surface area contributed by atoms with E-state index in [1.165, 1.54) is 74.8 Å². The van der Waals surface area contributed by atoms with Crippen molar-refractivity contribution < 1.29 is 98.6 Å². The molecule has 14 atom stereocenters. The standard InChI is InChI=1S/C25H35N6O5PS.C24H33N6O5PS.C18H27N5O5PS.C10H12N5O4P.C10H13N5O2.C6H15N/c1-4-25(2,3)24(32)38-13-12-34-37(33,30-14-18-8-6-5-7-9-18)35-15-19-10-11-20(36-19)31-17-29-21-22(26)27-16-28-23(21)31;1-24(2,14-31)23(32)37-11-10-34-36(33,29-12-17-6-4-3-5-7-17)13-18-8-9-19(35-18)30-16-28-20-21(25)26-15-27-22(20)30;1-4-18(2,3)17(24)30-8-7-26-29(25)27-9-12-5-6-13(28-12)23-11-22-14-15(19)20-10-21-16(14)23;11-9-8-10(13-4-12-9)15(5-14-8)7-2-1-6(19-7)3-18-20(16)17;11-9-8-10(13-4-12-9)15(5-14-8)7-2-1-6(3-16)17-7;1-4-7(5-2)6-3/h5-9,16-17,19-20H,4,10-15H2,1-3H3,(H,30,33)(H2,26,27,28);3-7,15-16,18-19,31H,8-14H2,1-2H3,(H,29,33)(H2,25,26,27);10-13H,4-9H2,1-3H3,(H2,19,20,21);4-7H,1-3H2,(H2-,11,12,13,16,17);4-7,16H,1-3H2,(H2,11,12,13);4-6H2,1-3H3/q;;+1;;;/p+1/t19-,20+,37?;18-,19+,36?;12-,13+;2*6-,7+;/m11111./s1. The van der Waals surface area contributed by atoms with E-state index in [0.717, 1.165) is 74.3 Å². The zero-order valence-corrected chi connectivity index (χ0v) is 91.3. The Balaban J connectivity index is 0.000000166. The number of nitrogens with two attached hydrogens (primary N) is 5. The summed E-state index contributed by atoms with van der Waals surface area (Å²) in [6, 6.07) is 19.2. The Morgan fingerprint density at radius 1 is 0.416 bits per heavy atom. The average molecular weight is 2200 g/mol. The molecule has 5 aliphatic heterocycles. The highest BCUT2D eigenvalue weighted by molar-refractivity contribution is 8.14. The number of ether oxygens (including phenoxy) is 5. The van der Waals surface area contributed by atoms with Crippen molar-refractivity contribution in [1.82, 2.24) is 113 Å². The Morgan fingerprint density at radius 3 is 1.08 bits per heavy atom. The predicted octanol–water partition coefficient (Wildman–Crippen LogP) is 13.7. The maximum atomic E-state index is 13.9. The number of nitrogens with zero attached hydrogens (tertiary/aromatic N) is 21. The summed E-state index contributed by atoms with van der Waals surface area (Å²) in [5.74, 6) is 2.78. The third kappa shape index (κ3) is 33.4. The van der Waals surface area contributed by atoms with Crippen LogP contribution in [0.1, 0.15) is 195 Å². The minimum atomic E-state index is -3.68. The number of anilines is 5. The van der Waals surface area contributed by atoms with Gasteiger partial charge >= 0.3 is 24.3 Å². The first-order valence-electron chi connectivity index (χ1n) is 49.1. The topological polar surface area (TPSA) is 657 Å². The van der Waals surface area contributed by atoms with E-state index in [2.05, 4.69) is 115 Å². The molecule has 810 valence electrons. The zero-order valence-electron chi connectivity index (χ0n) is 85.3. The van der Waals surface area contributed by atoms with Gasteiger partial charge in [0.2, 0.25) is 0 Å². The molecule has 0 saturated carbocycles. The Labute approximate surface area is 877 Å². The molecular weight excluding hydrogens is 2070 g/mol. The van der Waals surface area contributed by atoms with Crippen LogP contribution >= 0.6 is 67.1 Å². The van der Waals surface area contributed by atoms with Crippen LogP contribution in [0, 0.1) is 16.2 Å². The van der Waals surface area contributed by atoms with Gasteiger partial charge in [-0.2, -0.15) is 0 Å². The van der Waals surface area contributed by atoms with Gasteiger partial charge in [-0.25, -0.2) is 89.5 Å². The number of carbonyl (C=O) groups excluding carboxylic acids is 3. The van der Waals surface area contributed by atoms with E-state index in [4.69, 9.17) is 85.0 Å². The largest absolute Gasteiger partial charge is 0.697 e. The van der Waals surface area contributed by atoms with E-state index in [1.807, 2.05) is 120 Å². The molecule has 17 rings (SSSR count). The lowest BCUT2D eigenvalue weighted by molar-refractivity contribution is -0.120. The minimum Gasteiger partial charge on any atom is -0.395 e. The van der Waals surface area contributed by atoms with Gasteiger partial charge in [0.05, 0.1) is 107 Å². The van der Waals surface area contributed by atoms with Gasteiger partial charge in [-0.15, -0.1) is 18.5 Å². The number of fused-ring (bicyclic) bond motifs is 5. The van der Waals surface area contributed by atoms with E-state index in [1.54, 1.807) is 50.1 Å². The van der Waals surface area contributed by atoms with Crippen molar-refractivity contribution in [3.8, 4) is 0 Å². The highest BCUT2D eigenvalue weighted by Crippen LogP contribution is 2.49. The number of nitrogen functional groups attached to an aromatic ring is 5. The number of hydrogen-bond acceptors (Lipinski definition) is 44. The fraction of sp³-hybridized carbons (Fsp3) is 0.570. The van der Waals surface area contributed by atoms with Gasteiger partial charge < -0.3 is 72.0 Å². The van der Waals surface area contributed by atoms with E-state index in [9.17, 15) is 37.8 Å². The zero-order chi connectivity index (χ0) is 107. The first-order valence-corrected chi connectivity index (χ1v) is 57.7. The van der Waals surface area contributed by atoms with Crippen LogP contribution in [0.2, 0.25) is 0 Å². The van der Waals surface area contributed by atoms with Crippen molar-refractivity contribution in [2.24, 2.45) is 16.2 Å². The Morgan fingerprint density at radius 2 is 0.738 bits per heavy atom. The molecule has 0 spiro atoms. The van der Waals surface area contributed by atoms with Gasteiger partial charge in [0.15, 0.2) is 72.7 Å². The summed E-state index contributed by atoms with van der Waals surface area (Å²) >= 11 is 3.45. The van der Waals surface area contributed by atoms with Gasteiger partial charge in [-0.1, -0.05) is 158 Å². The Bertz CT molecular complexity index is 6440. The summed E-state index contributed by atoms with van der Waals surface area (Å²) in [4.78, 5) is 110. The first kappa shape index (κ1) is 118. The van der Waals surface area contributed by atoms with Crippen molar-refractivity contribution in [2.75, 3.05) is 125 Å². The second-order valence-electron chi connectivity index (χ2n) is 36.9. The molecule has 12 aromatic rings. The lowest BCUT2D eigenvalue weighted by Gasteiger charge is -2.24.